The standard InChI is InChI=1S/C27H30N4/c1-3-19-6-4-7-22-20(17-30-27(19)22)12-14-28-24-11-10-21(16-18(24)2)31-26-13-15-29-25-9-5-8-23(25)26/h4,6-7,10-11,13,15-17,28,30H,3,5,8-9,12,14H2,1-2H3,(H,29,31). The minimum absolute atomic E-state index is 0.911. The molecule has 0 amide bonds. The number of anilines is 3. The summed E-state index contributed by atoms with van der Waals surface area (Å²) in [5.74, 6) is 0. The van der Waals surface area contributed by atoms with Gasteiger partial charge in [-0.05, 0) is 85.5 Å². The summed E-state index contributed by atoms with van der Waals surface area (Å²) < 4.78 is 0. The molecule has 1 aliphatic rings. The van der Waals surface area contributed by atoms with E-state index in [-0.39, 0.29) is 0 Å². The molecule has 1 aliphatic carbocycles. The van der Waals surface area contributed by atoms with Gasteiger partial charge in [0.25, 0.3) is 0 Å². The van der Waals surface area contributed by atoms with Crippen molar-refractivity contribution in [3.8, 4) is 0 Å². The average molecular weight is 411 g/mol. The molecule has 158 valence electrons. The molecule has 0 spiro atoms. The Balaban J connectivity index is 1.25. The molecular formula is C27H30N4. The second-order valence-corrected chi connectivity index (χ2v) is 8.48. The van der Waals surface area contributed by atoms with Gasteiger partial charge in [-0.15, -0.1) is 0 Å². The lowest BCUT2D eigenvalue weighted by Crippen LogP contribution is -2.06. The average Bonchev–Trinajstić information content (AvgIpc) is 3.43. The topological polar surface area (TPSA) is 52.7 Å². The molecule has 0 unspecified atom stereocenters. The second-order valence-electron chi connectivity index (χ2n) is 8.48. The lowest BCUT2D eigenvalue weighted by molar-refractivity contribution is 0.899. The van der Waals surface area contributed by atoms with Gasteiger partial charge in [0.2, 0.25) is 0 Å². The number of H-pyrrole nitrogens is 1. The van der Waals surface area contributed by atoms with E-state index < -0.39 is 0 Å². The molecule has 4 heteroatoms. The van der Waals surface area contributed by atoms with E-state index in [1.807, 2.05) is 6.20 Å². The number of aromatic nitrogens is 2. The fourth-order valence-corrected chi connectivity index (χ4v) is 4.78. The fraction of sp³-hybridized carbons (Fsp3) is 0.296. The van der Waals surface area contributed by atoms with Crippen molar-refractivity contribution >= 4 is 28.0 Å². The smallest absolute Gasteiger partial charge is 0.0489 e. The molecule has 2 heterocycles. The van der Waals surface area contributed by atoms with E-state index in [2.05, 4.69) is 83.1 Å². The van der Waals surface area contributed by atoms with Gasteiger partial charge in [-0.2, -0.15) is 0 Å². The summed E-state index contributed by atoms with van der Waals surface area (Å²) >= 11 is 0. The number of pyridine rings is 1. The van der Waals surface area contributed by atoms with Crippen molar-refractivity contribution in [2.45, 2.75) is 46.0 Å². The molecule has 0 saturated heterocycles. The molecule has 0 fully saturated rings. The summed E-state index contributed by atoms with van der Waals surface area (Å²) in [4.78, 5) is 8.00. The van der Waals surface area contributed by atoms with Crippen molar-refractivity contribution in [3.05, 3.63) is 82.8 Å². The Kier molecular flexibility index (Phi) is 5.37. The number of nitrogens with zero attached hydrogens (tertiary/aromatic N) is 1. The molecule has 0 radical (unpaired) electrons. The summed E-state index contributed by atoms with van der Waals surface area (Å²) in [5.41, 5.74) is 11.5. The monoisotopic (exact) mass is 410 g/mol. The quantitative estimate of drug-likeness (QED) is 0.334. The zero-order chi connectivity index (χ0) is 21.2. The first-order chi connectivity index (χ1) is 15.2. The first kappa shape index (κ1) is 19.7. The number of fused-ring (bicyclic) bond motifs is 2. The third-order valence-corrected chi connectivity index (χ3v) is 6.47. The van der Waals surface area contributed by atoms with E-state index >= 15 is 0 Å². The van der Waals surface area contributed by atoms with E-state index in [4.69, 9.17) is 0 Å². The first-order valence-electron chi connectivity index (χ1n) is 11.4. The van der Waals surface area contributed by atoms with Crippen LogP contribution in [0.4, 0.5) is 17.1 Å². The second kappa shape index (κ2) is 8.46. The van der Waals surface area contributed by atoms with Crippen LogP contribution in [0.1, 0.15) is 41.3 Å². The Labute approximate surface area is 184 Å². The molecule has 31 heavy (non-hydrogen) atoms. The molecule has 4 aromatic rings. The van der Waals surface area contributed by atoms with Gasteiger partial charge in [-0.25, -0.2) is 0 Å². The Morgan fingerprint density at radius 3 is 2.84 bits per heavy atom. The molecule has 0 atom stereocenters. The van der Waals surface area contributed by atoms with E-state index in [9.17, 15) is 0 Å². The molecule has 0 bridgehead atoms. The Morgan fingerprint density at radius 1 is 1.03 bits per heavy atom. The van der Waals surface area contributed by atoms with E-state index in [0.29, 0.717) is 0 Å². The number of para-hydroxylation sites is 1. The van der Waals surface area contributed by atoms with Crippen molar-refractivity contribution in [2.24, 2.45) is 0 Å². The number of aromatic amines is 1. The van der Waals surface area contributed by atoms with Crippen LogP contribution in [0.25, 0.3) is 10.9 Å². The van der Waals surface area contributed by atoms with Crippen molar-refractivity contribution in [1.82, 2.24) is 9.97 Å². The van der Waals surface area contributed by atoms with Gasteiger partial charge in [0, 0.05) is 52.6 Å². The van der Waals surface area contributed by atoms with Crippen LogP contribution in [-0.2, 0) is 25.7 Å². The van der Waals surface area contributed by atoms with E-state index in [0.717, 1.165) is 37.9 Å². The van der Waals surface area contributed by atoms with Crippen molar-refractivity contribution in [2.75, 3.05) is 17.2 Å². The van der Waals surface area contributed by atoms with E-state index in [1.165, 1.54) is 56.6 Å². The first-order valence-corrected chi connectivity index (χ1v) is 11.4. The molecule has 0 aliphatic heterocycles. The highest BCUT2D eigenvalue weighted by atomic mass is 14.9. The number of rotatable bonds is 7. The molecule has 0 saturated carbocycles. The lowest BCUT2D eigenvalue weighted by atomic mass is 10.1. The van der Waals surface area contributed by atoms with Gasteiger partial charge in [-0.1, -0.05) is 25.1 Å². The summed E-state index contributed by atoms with van der Waals surface area (Å²) in [6, 6.07) is 15.3. The Hall–Kier alpha value is -3.27. The molecular weight excluding hydrogens is 380 g/mol. The van der Waals surface area contributed by atoms with E-state index in [1.54, 1.807) is 0 Å². The van der Waals surface area contributed by atoms with Crippen molar-refractivity contribution < 1.29 is 0 Å². The largest absolute Gasteiger partial charge is 0.384 e. The Bertz CT molecular complexity index is 1220. The Morgan fingerprint density at radius 2 is 1.97 bits per heavy atom. The van der Waals surface area contributed by atoms with Gasteiger partial charge < -0.3 is 15.6 Å². The lowest BCUT2D eigenvalue weighted by Gasteiger charge is -2.14. The van der Waals surface area contributed by atoms with Gasteiger partial charge in [0.05, 0.1) is 0 Å². The van der Waals surface area contributed by atoms with Crippen LogP contribution in [-0.4, -0.2) is 16.5 Å². The highest BCUT2D eigenvalue weighted by Gasteiger charge is 2.16. The predicted molar refractivity (Wildman–Crippen MR) is 131 cm³/mol. The van der Waals surface area contributed by atoms with Crippen LogP contribution in [0.5, 0.6) is 0 Å². The highest BCUT2D eigenvalue weighted by molar-refractivity contribution is 5.86. The summed E-state index contributed by atoms with van der Waals surface area (Å²) in [6.45, 7) is 5.29. The van der Waals surface area contributed by atoms with Crippen LogP contribution < -0.4 is 10.6 Å². The van der Waals surface area contributed by atoms with Crippen molar-refractivity contribution in [3.63, 3.8) is 0 Å². The van der Waals surface area contributed by atoms with Gasteiger partial charge >= 0.3 is 0 Å². The summed E-state index contributed by atoms with van der Waals surface area (Å²) in [6.07, 6.45) is 9.56. The van der Waals surface area contributed by atoms with Gasteiger partial charge in [0.1, 0.15) is 0 Å². The van der Waals surface area contributed by atoms with Crippen LogP contribution in [0.15, 0.2) is 54.9 Å². The van der Waals surface area contributed by atoms with Crippen LogP contribution in [0, 0.1) is 6.92 Å². The zero-order valence-electron chi connectivity index (χ0n) is 18.4. The van der Waals surface area contributed by atoms with Crippen molar-refractivity contribution in [1.29, 1.82) is 0 Å². The van der Waals surface area contributed by atoms with Gasteiger partial charge in [0.15, 0.2) is 0 Å². The number of nitrogens with one attached hydrogen (secondary N) is 3. The predicted octanol–water partition coefficient (Wildman–Crippen LogP) is 6.32. The molecule has 2 aromatic heterocycles. The normalized spacial score (nSPS) is 12.8. The third kappa shape index (κ3) is 3.90. The molecule has 5 rings (SSSR count). The number of benzene rings is 2. The minimum atomic E-state index is 0.911. The zero-order valence-corrected chi connectivity index (χ0v) is 18.4. The molecule has 2 aromatic carbocycles. The maximum absolute atomic E-state index is 4.52. The summed E-state index contributed by atoms with van der Waals surface area (Å²) in [5, 5.41) is 8.58. The number of hydrogen-bond acceptors (Lipinski definition) is 3. The summed E-state index contributed by atoms with van der Waals surface area (Å²) in [7, 11) is 0. The fourth-order valence-electron chi connectivity index (χ4n) is 4.78. The van der Waals surface area contributed by atoms with Crippen LogP contribution in [0.2, 0.25) is 0 Å². The maximum Gasteiger partial charge on any atom is 0.0489 e. The van der Waals surface area contributed by atoms with Crippen LogP contribution in [0.3, 0.4) is 0 Å². The number of hydrogen-bond donors (Lipinski definition) is 3. The minimum Gasteiger partial charge on any atom is -0.384 e. The molecule has 3 N–H and O–H groups in total. The molecule has 4 nitrogen and oxygen atoms in total. The highest BCUT2D eigenvalue weighted by Crippen LogP contribution is 2.30. The third-order valence-electron chi connectivity index (χ3n) is 6.47. The maximum atomic E-state index is 4.52. The van der Waals surface area contributed by atoms with Gasteiger partial charge in [-0.3, -0.25) is 4.98 Å². The number of aryl methyl sites for hydroxylation is 3. The SMILES string of the molecule is CCc1cccc2c(CCNc3ccc(Nc4ccnc5c4CCC5)cc3C)c[nH]c12. The van der Waals surface area contributed by atoms with Crippen LogP contribution >= 0.6 is 0 Å².